The molecule has 28 nitrogen and oxygen atoms in total. The van der Waals surface area contributed by atoms with Crippen molar-refractivity contribution < 1.29 is 61.7 Å². The highest BCUT2D eigenvalue weighted by atomic mass is 79.9. The van der Waals surface area contributed by atoms with Gasteiger partial charge in [0, 0.05) is 148 Å². The molecule has 0 saturated heterocycles. The molecule has 0 unspecified atom stereocenters. The summed E-state index contributed by atoms with van der Waals surface area (Å²) in [6.07, 6.45) is 24.2. The van der Waals surface area contributed by atoms with Gasteiger partial charge in [-0.25, -0.2) is 29.0 Å². The summed E-state index contributed by atoms with van der Waals surface area (Å²) in [5.74, 6) is 0.370. The Morgan fingerprint density at radius 1 is 0.505 bits per heavy atom. The van der Waals surface area contributed by atoms with Crippen LogP contribution in [0.5, 0.6) is 0 Å². The minimum atomic E-state index is -0.520. The van der Waals surface area contributed by atoms with Gasteiger partial charge in [0.25, 0.3) is 22.2 Å². The first-order valence-electron chi connectivity index (χ1n) is 32.1. The number of hydrogen-bond acceptors (Lipinski definition) is 23. The first kappa shape index (κ1) is 85.9. The third kappa shape index (κ3) is 27.0. The van der Waals surface area contributed by atoms with Crippen LogP contribution < -0.4 is 39.2 Å². The summed E-state index contributed by atoms with van der Waals surface area (Å²) in [7, 11) is 13.4. The van der Waals surface area contributed by atoms with Gasteiger partial charge in [0.15, 0.2) is 0 Å². The Morgan fingerprint density at radius 2 is 0.905 bits per heavy atom. The van der Waals surface area contributed by atoms with Gasteiger partial charge in [-0.1, -0.05) is 37.1 Å². The van der Waals surface area contributed by atoms with Crippen molar-refractivity contribution in [3.63, 3.8) is 0 Å². The Bertz CT molecular complexity index is 4720. The Hall–Kier alpha value is -11.5. The molecular weight excluding hydrogens is 1450 g/mol. The third-order valence-electron chi connectivity index (χ3n) is 16.1. The molecule has 9 aromatic rings. The average molecular weight is 1530 g/mol. The molecule has 9 heterocycles. The summed E-state index contributed by atoms with van der Waals surface area (Å²) in [5, 5.41) is 0.338. The Balaban J connectivity index is 0.000000267. The smallest absolute Gasteiger partial charge is 0.373 e. The second-order valence-electron chi connectivity index (χ2n) is 24.2. The first-order chi connectivity index (χ1) is 49.8. The molecule has 30 heteroatoms. The van der Waals surface area contributed by atoms with Crippen LogP contribution in [0.15, 0.2) is 178 Å². The highest BCUT2D eigenvalue weighted by molar-refractivity contribution is 9.10. The molecule has 0 bridgehead atoms. The molecule has 554 valence electrons. The molecule has 2 aliphatic rings. The van der Waals surface area contributed by atoms with Crippen molar-refractivity contribution in [2.45, 2.75) is 78.2 Å². The summed E-state index contributed by atoms with van der Waals surface area (Å²) in [4.78, 5) is 159. The first-order valence-corrected chi connectivity index (χ1v) is 33.3. The molecule has 2 aliphatic carbocycles. The van der Waals surface area contributed by atoms with E-state index in [9.17, 15) is 47.9 Å². The SMILES string of the molecule is COC(=O)c1cc(-c2ccc(Cl)nc2)c(=O)n(C)c1.COC(=O)c1cc(Br)c(=O)n(C)c1.COC(=O)c1ccc(=O)n(C)c1.COC(=O)c1ccc(=O)oc1.Cc1cc(-c2ccc(C[C@H]3CC[C@H](C)C3)nc2)c(=O)n(C)c1.Cc1cc(-c2ccc(C[C@H]3CC[C@H](N)C3)nc2)c(=O)n(C)c1.O=C=O.O=C=O. The van der Waals surface area contributed by atoms with Crippen molar-refractivity contribution in [2.75, 3.05) is 28.4 Å². The van der Waals surface area contributed by atoms with E-state index in [-0.39, 0.29) is 45.7 Å². The van der Waals surface area contributed by atoms with Gasteiger partial charge in [0.1, 0.15) is 11.4 Å². The van der Waals surface area contributed by atoms with Crippen LogP contribution in [0.3, 0.4) is 0 Å². The van der Waals surface area contributed by atoms with E-state index in [1.54, 1.807) is 56.5 Å². The predicted octanol–water partition coefficient (Wildman–Crippen LogP) is 8.41. The van der Waals surface area contributed by atoms with Gasteiger partial charge in [-0.3, -0.25) is 33.9 Å². The zero-order valence-corrected chi connectivity index (χ0v) is 62.3. The molecule has 2 fully saturated rings. The molecule has 2 N–H and O–H groups in total. The highest BCUT2D eigenvalue weighted by Gasteiger charge is 2.24. The molecule has 0 aromatic carbocycles. The second-order valence-corrected chi connectivity index (χ2v) is 25.4. The molecule has 0 radical (unpaired) electrons. The van der Waals surface area contributed by atoms with Crippen molar-refractivity contribution in [1.29, 1.82) is 0 Å². The zero-order chi connectivity index (χ0) is 78.2. The van der Waals surface area contributed by atoms with Gasteiger partial charge >= 0.3 is 41.8 Å². The Morgan fingerprint density at radius 3 is 1.30 bits per heavy atom. The van der Waals surface area contributed by atoms with E-state index in [0.29, 0.717) is 55.0 Å². The lowest BCUT2D eigenvalue weighted by Gasteiger charge is -2.10. The number of aromatic nitrogens is 8. The number of nitrogens with two attached hydrogens (primary N) is 1. The van der Waals surface area contributed by atoms with E-state index in [0.717, 1.165) is 89.1 Å². The maximum absolute atomic E-state index is 12.3. The normalized spacial score (nSPS) is 14.2. The van der Waals surface area contributed by atoms with Crippen LogP contribution >= 0.6 is 27.5 Å². The van der Waals surface area contributed by atoms with E-state index >= 15 is 0 Å². The van der Waals surface area contributed by atoms with Crippen LogP contribution in [0, 0.1) is 31.6 Å². The van der Waals surface area contributed by atoms with E-state index in [1.165, 1.54) is 123 Å². The third-order valence-corrected chi connectivity index (χ3v) is 16.9. The quantitative estimate of drug-likeness (QED) is 0.0721. The number of hydrogen-bond donors (Lipinski definition) is 1. The molecule has 2 saturated carbocycles. The molecular formula is C75H81BrClN9O19. The molecule has 105 heavy (non-hydrogen) atoms. The molecule has 0 spiro atoms. The maximum atomic E-state index is 12.3. The summed E-state index contributed by atoms with van der Waals surface area (Å²) in [5.41, 5.74) is 14.8. The second kappa shape index (κ2) is 42.8. The summed E-state index contributed by atoms with van der Waals surface area (Å²) in [6, 6.07) is 23.9. The summed E-state index contributed by atoms with van der Waals surface area (Å²) < 4.78 is 30.0. The lowest BCUT2D eigenvalue weighted by molar-refractivity contribution is -0.193. The van der Waals surface area contributed by atoms with E-state index in [1.807, 2.05) is 69.0 Å². The minimum Gasteiger partial charge on any atom is -0.465 e. The fourth-order valence-corrected chi connectivity index (χ4v) is 11.6. The average Bonchev–Trinajstić information content (AvgIpc) is 0.929. The number of rotatable bonds is 11. The monoisotopic (exact) mass is 1530 g/mol. The topological polar surface area (TPSA) is 378 Å². The van der Waals surface area contributed by atoms with Crippen molar-refractivity contribution in [1.82, 2.24) is 37.8 Å². The number of pyridine rings is 8. The number of aryl methyl sites for hydroxylation is 7. The van der Waals surface area contributed by atoms with Crippen molar-refractivity contribution >= 4 is 63.7 Å². The van der Waals surface area contributed by atoms with Crippen molar-refractivity contribution in [2.24, 2.45) is 58.7 Å². The highest BCUT2D eigenvalue weighted by Crippen LogP contribution is 2.33. The van der Waals surface area contributed by atoms with Crippen LogP contribution in [0.2, 0.25) is 5.15 Å². The molecule has 11 rings (SSSR count). The molecule has 0 amide bonds. The van der Waals surface area contributed by atoms with E-state index in [2.05, 4.69) is 67.2 Å². The van der Waals surface area contributed by atoms with E-state index < -0.39 is 29.5 Å². The van der Waals surface area contributed by atoms with E-state index in [4.69, 9.17) is 36.5 Å². The van der Waals surface area contributed by atoms with Gasteiger partial charge in [-0.15, -0.1) is 0 Å². The zero-order valence-electron chi connectivity index (χ0n) is 59.9. The lowest BCUT2D eigenvalue weighted by Crippen LogP contribution is -2.20. The maximum Gasteiger partial charge on any atom is 0.373 e. The van der Waals surface area contributed by atoms with Crippen LogP contribution in [0.25, 0.3) is 33.4 Å². The van der Waals surface area contributed by atoms with Gasteiger partial charge in [-0.2, -0.15) is 19.2 Å². The van der Waals surface area contributed by atoms with Crippen LogP contribution in [0.4, 0.5) is 0 Å². The van der Waals surface area contributed by atoms with Gasteiger partial charge in [0.2, 0.25) is 5.56 Å². The number of carbonyl (C=O) groups is 4. The Labute approximate surface area is 616 Å². The molecule has 9 aromatic heterocycles. The number of esters is 4. The fraction of sp³-hybridized carbons (Fsp3) is 0.320. The Kier molecular flexibility index (Phi) is 35.0. The number of carbonyl (C=O) groups excluding carboxylic acids is 8. The van der Waals surface area contributed by atoms with Crippen molar-refractivity contribution in [3.05, 3.63) is 257 Å². The van der Waals surface area contributed by atoms with Gasteiger partial charge in [0.05, 0.1) is 55.2 Å². The molecule has 4 atom stereocenters. The lowest BCUT2D eigenvalue weighted by atomic mass is 9.99. The van der Waals surface area contributed by atoms with Crippen LogP contribution in [-0.4, -0.2) is 108 Å². The number of nitrogens with zero attached hydrogens (tertiary/aromatic N) is 8. The fourth-order valence-electron chi connectivity index (χ4n) is 11.0. The standard InChI is InChI=1S/C19H24N2O.C18H23N3O.C13H11ClN2O3.C8H8BrNO3.C8H9NO3.C7H6O4.2CO2/c1-13-4-5-15(8-13)10-17-7-6-16(11-20-17)18-9-14(2)12-21(3)19(18)22;1-12-7-17(18(22)21(2)11-12)14-4-6-16(20-10-14)9-13-3-5-15(19)8-13;1-16-7-9(13(18)19-2)5-10(12(16)17)8-3-4-11(14)15-6-8;1-10-4-5(8(12)13-2)3-6(9)7(10)11;1-9-5-6(8(11)12-2)3-4-7(9)10;1-10-7(9)5-2-3-6(8)11-4-5;2*2-1-3/h6-7,9,11-13,15H,4-5,8,10H2,1-3H3;4,6-7,10-11,13,15H,3,5,8-9,19H2,1-2H3;3-7H,1-2H3;3-4H,1-2H3;3-5H,1-2H3;2-4H,1H3;;/t2*13-,15-;;;;;;/m00....../s1. The largest absolute Gasteiger partial charge is 0.465 e. The van der Waals surface area contributed by atoms with Gasteiger partial charge in [-0.05, 0) is 164 Å². The summed E-state index contributed by atoms with van der Waals surface area (Å²) >= 11 is 8.76. The van der Waals surface area contributed by atoms with Crippen LogP contribution in [0.1, 0.15) is 109 Å². The van der Waals surface area contributed by atoms with Crippen molar-refractivity contribution in [3.8, 4) is 33.4 Å². The number of ether oxygens (including phenoxy) is 4. The van der Waals surface area contributed by atoms with Gasteiger partial charge < -0.3 is 51.9 Å². The number of methoxy groups -OCH3 is 4. The summed E-state index contributed by atoms with van der Waals surface area (Å²) in [6.45, 7) is 6.34. The molecule has 0 aliphatic heterocycles. The minimum absolute atomic E-state index is 0.0157. The number of halogens is 2. The predicted molar refractivity (Wildman–Crippen MR) is 390 cm³/mol. The van der Waals surface area contributed by atoms with Crippen LogP contribution in [-0.2, 0) is 86.2 Å².